The summed E-state index contributed by atoms with van der Waals surface area (Å²) in [6, 6.07) is 4.46. The molecule has 1 aliphatic heterocycles. The predicted octanol–water partition coefficient (Wildman–Crippen LogP) is 1.22. The Bertz CT molecular complexity index is 447. The highest BCUT2D eigenvalue weighted by Gasteiger charge is 2.27. The van der Waals surface area contributed by atoms with Crippen LogP contribution in [0.5, 0.6) is 5.75 Å². The molecule has 1 fully saturated rings. The van der Waals surface area contributed by atoms with Crippen LogP contribution >= 0.6 is 0 Å². The molecule has 0 saturated carbocycles. The number of nitrogens with zero attached hydrogens (tertiary/aromatic N) is 1. The molecule has 0 radical (unpaired) electrons. The van der Waals surface area contributed by atoms with Crippen molar-refractivity contribution >= 4 is 0 Å². The summed E-state index contributed by atoms with van der Waals surface area (Å²) in [6.07, 6.45) is 0. The predicted molar refractivity (Wildman–Crippen MR) is 78.7 cm³/mol. The van der Waals surface area contributed by atoms with Gasteiger partial charge in [-0.2, -0.15) is 0 Å². The third-order valence-corrected chi connectivity index (χ3v) is 3.89. The molecule has 4 nitrogen and oxygen atoms in total. The number of rotatable bonds is 3. The van der Waals surface area contributed by atoms with E-state index in [2.05, 4.69) is 43.2 Å². The van der Waals surface area contributed by atoms with Gasteiger partial charge in [-0.3, -0.25) is 0 Å². The molecular weight excluding hydrogens is 238 g/mol. The minimum Gasteiger partial charge on any atom is -0.496 e. The van der Waals surface area contributed by atoms with E-state index in [4.69, 9.17) is 10.5 Å². The second-order valence-electron chi connectivity index (χ2n) is 5.55. The first-order valence-electron chi connectivity index (χ1n) is 6.85. The van der Waals surface area contributed by atoms with Crippen molar-refractivity contribution < 1.29 is 4.74 Å². The fraction of sp³-hybridized carbons (Fsp3) is 0.600. The first kappa shape index (κ1) is 14.3. The number of hydrogen-bond acceptors (Lipinski definition) is 4. The van der Waals surface area contributed by atoms with Crippen molar-refractivity contribution in [3.05, 3.63) is 28.8 Å². The molecule has 1 heterocycles. The minimum absolute atomic E-state index is 0.0432. The molecule has 1 aromatic rings. The zero-order chi connectivity index (χ0) is 14.0. The lowest BCUT2D eigenvalue weighted by atomic mass is 9.92. The molecule has 106 valence electrons. The van der Waals surface area contributed by atoms with Crippen molar-refractivity contribution in [3.63, 3.8) is 0 Å². The van der Waals surface area contributed by atoms with E-state index in [0.717, 1.165) is 30.9 Å². The van der Waals surface area contributed by atoms with Crippen molar-refractivity contribution in [1.82, 2.24) is 10.2 Å². The fourth-order valence-corrected chi connectivity index (χ4v) is 2.91. The monoisotopic (exact) mass is 263 g/mol. The van der Waals surface area contributed by atoms with Gasteiger partial charge in [0, 0.05) is 31.2 Å². The van der Waals surface area contributed by atoms with E-state index in [1.807, 2.05) is 0 Å². The van der Waals surface area contributed by atoms with Crippen molar-refractivity contribution in [1.29, 1.82) is 0 Å². The molecule has 0 aliphatic carbocycles. The van der Waals surface area contributed by atoms with Crippen LogP contribution in [0.15, 0.2) is 12.1 Å². The van der Waals surface area contributed by atoms with Crippen LogP contribution in [0.4, 0.5) is 0 Å². The second kappa shape index (κ2) is 5.90. The lowest BCUT2D eigenvalue weighted by Crippen LogP contribution is -2.53. The van der Waals surface area contributed by atoms with Crippen LogP contribution in [0, 0.1) is 13.8 Å². The smallest absolute Gasteiger partial charge is 0.124 e. The van der Waals surface area contributed by atoms with Gasteiger partial charge >= 0.3 is 0 Å². The number of aryl methyl sites for hydroxylation is 2. The Kier molecular flexibility index (Phi) is 4.45. The van der Waals surface area contributed by atoms with Crippen molar-refractivity contribution in [3.8, 4) is 5.75 Å². The topological polar surface area (TPSA) is 50.5 Å². The van der Waals surface area contributed by atoms with Gasteiger partial charge in [0.1, 0.15) is 5.75 Å². The van der Waals surface area contributed by atoms with Crippen LogP contribution in [0.3, 0.4) is 0 Å². The zero-order valence-electron chi connectivity index (χ0n) is 12.4. The number of nitrogens with one attached hydrogen (secondary N) is 1. The summed E-state index contributed by atoms with van der Waals surface area (Å²) in [5.41, 5.74) is 10.0. The van der Waals surface area contributed by atoms with Gasteiger partial charge in [-0.15, -0.1) is 0 Å². The first-order chi connectivity index (χ1) is 9.02. The number of benzene rings is 1. The van der Waals surface area contributed by atoms with Crippen LogP contribution in [0.1, 0.15) is 22.7 Å². The van der Waals surface area contributed by atoms with E-state index in [9.17, 15) is 0 Å². The third kappa shape index (κ3) is 3.08. The molecule has 1 aliphatic rings. The summed E-state index contributed by atoms with van der Waals surface area (Å²) in [5.74, 6) is 0.903. The fourth-order valence-electron chi connectivity index (χ4n) is 2.91. The molecule has 19 heavy (non-hydrogen) atoms. The second-order valence-corrected chi connectivity index (χ2v) is 5.55. The van der Waals surface area contributed by atoms with E-state index in [1.165, 1.54) is 11.1 Å². The molecule has 4 heteroatoms. The summed E-state index contributed by atoms with van der Waals surface area (Å²) < 4.78 is 5.52. The molecule has 2 unspecified atom stereocenters. The summed E-state index contributed by atoms with van der Waals surface area (Å²) in [4.78, 5) is 2.32. The van der Waals surface area contributed by atoms with Gasteiger partial charge in [0.05, 0.1) is 13.2 Å². The average Bonchev–Trinajstić information content (AvgIpc) is 2.37. The molecule has 3 N–H and O–H groups in total. The largest absolute Gasteiger partial charge is 0.496 e. The normalized spacial score (nSPS) is 22.3. The van der Waals surface area contributed by atoms with Gasteiger partial charge in [-0.25, -0.2) is 0 Å². The first-order valence-corrected chi connectivity index (χ1v) is 6.85. The number of ether oxygens (including phenoxy) is 1. The quantitative estimate of drug-likeness (QED) is 0.861. The molecule has 2 atom stereocenters. The standard InChI is InChI=1S/C15H25N3O/c1-10-7-11(2)14(13(8-10)19-4)15(16)12-9-18(3)6-5-17-12/h7-8,12,15,17H,5-6,9,16H2,1-4H3. The Labute approximate surface area is 115 Å². The average molecular weight is 263 g/mol. The van der Waals surface area contributed by atoms with E-state index < -0.39 is 0 Å². The minimum atomic E-state index is -0.0432. The van der Waals surface area contributed by atoms with Crippen LogP contribution in [-0.4, -0.2) is 44.7 Å². The number of nitrogens with two attached hydrogens (primary N) is 1. The van der Waals surface area contributed by atoms with Gasteiger partial charge in [0.2, 0.25) is 0 Å². The lowest BCUT2D eigenvalue weighted by molar-refractivity contribution is 0.218. The summed E-state index contributed by atoms with van der Waals surface area (Å²) in [7, 11) is 3.85. The van der Waals surface area contributed by atoms with Gasteiger partial charge in [0.15, 0.2) is 0 Å². The molecule has 2 rings (SSSR count). The number of methoxy groups -OCH3 is 1. The van der Waals surface area contributed by atoms with Gasteiger partial charge < -0.3 is 20.7 Å². The maximum Gasteiger partial charge on any atom is 0.124 e. The highest BCUT2D eigenvalue weighted by Crippen LogP contribution is 2.31. The van der Waals surface area contributed by atoms with Crippen molar-refractivity contribution in [2.75, 3.05) is 33.8 Å². The Balaban J connectivity index is 2.29. The number of piperazine rings is 1. The number of hydrogen-bond donors (Lipinski definition) is 2. The SMILES string of the molecule is COc1cc(C)cc(C)c1C(N)C1CN(C)CCN1. The summed E-state index contributed by atoms with van der Waals surface area (Å²) >= 11 is 0. The molecule has 0 amide bonds. The summed E-state index contributed by atoms with van der Waals surface area (Å²) in [5, 5.41) is 3.52. The van der Waals surface area contributed by atoms with Crippen molar-refractivity contribution in [2.24, 2.45) is 5.73 Å². The van der Waals surface area contributed by atoms with E-state index in [0.29, 0.717) is 0 Å². The summed E-state index contributed by atoms with van der Waals surface area (Å²) in [6.45, 7) is 7.22. The van der Waals surface area contributed by atoms with Crippen LogP contribution in [0.25, 0.3) is 0 Å². The Morgan fingerprint density at radius 1 is 1.42 bits per heavy atom. The van der Waals surface area contributed by atoms with E-state index in [-0.39, 0.29) is 12.1 Å². The molecule has 0 aromatic heterocycles. The van der Waals surface area contributed by atoms with Crippen LogP contribution < -0.4 is 15.8 Å². The highest BCUT2D eigenvalue weighted by atomic mass is 16.5. The van der Waals surface area contributed by atoms with Crippen molar-refractivity contribution in [2.45, 2.75) is 25.9 Å². The molecule has 0 spiro atoms. The molecule has 1 aromatic carbocycles. The van der Waals surface area contributed by atoms with Crippen LogP contribution in [-0.2, 0) is 0 Å². The Morgan fingerprint density at radius 2 is 2.16 bits per heavy atom. The van der Waals surface area contributed by atoms with Gasteiger partial charge in [-0.05, 0) is 38.1 Å². The van der Waals surface area contributed by atoms with Gasteiger partial charge in [-0.1, -0.05) is 6.07 Å². The molecule has 0 bridgehead atoms. The lowest BCUT2D eigenvalue weighted by Gasteiger charge is -2.35. The zero-order valence-corrected chi connectivity index (χ0v) is 12.4. The molecule has 1 saturated heterocycles. The Morgan fingerprint density at radius 3 is 2.79 bits per heavy atom. The third-order valence-electron chi connectivity index (χ3n) is 3.89. The van der Waals surface area contributed by atoms with E-state index >= 15 is 0 Å². The van der Waals surface area contributed by atoms with E-state index in [1.54, 1.807) is 7.11 Å². The maximum atomic E-state index is 6.49. The Hall–Kier alpha value is -1.10. The molecular formula is C15H25N3O. The van der Waals surface area contributed by atoms with Crippen LogP contribution in [0.2, 0.25) is 0 Å². The highest BCUT2D eigenvalue weighted by molar-refractivity contribution is 5.45. The maximum absolute atomic E-state index is 6.49. The number of likely N-dealkylation sites (N-methyl/N-ethyl adjacent to an activating group) is 1. The van der Waals surface area contributed by atoms with Gasteiger partial charge in [0.25, 0.3) is 0 Å².